The van der Waals surface area contributed by atoms with Crippen molar-refractivity contribution in [2.75, 3.05) is 0 Å². The van der Waals surface area contributed by atoms with E-state index in [-0.39, 0.29) is 11.6 Å². The lowest BCUT2D eigenvalue weighted by molar-refractivity contribution is -0.384. The van der Waals surface area contributed by atoms with Crippen LogP contribution in [0.15, 0.2) is 53.6 Å². The molecular weight excluding hydrogens is 270 g/mol. The second-order valence-electron chi connectivity index (χ2n) is 4.42. The SMILES string of the molecule is Cc1cccc(C(=O)N/N=C\c2ccc([N+](=O)[O-])cc2)c1. The summed E-state index contributed by atoms with van der Waals surface area (Å²) in [6.45, 7) is 1.90. The van der Waals surface area contributed by atoms with Gasteiger partial charge in [-0.05, 0) is 36.8 Å². The topological polar surface area (TPSA) is 84.6 Å². The number of carbonyl (C=O) groups is 1. The van der Waals surface area contributed by atoms with E-state index in [4.69, 9.17) is 0 Å². The molecule has 0 unspecified atom stereocenters. The molecule has 1 N–H and O–H groups in total. The van der Waals surface area contributed by atoms with Crippen molar-refractivity contribution in [2.24, 2.45) is 5.10 Å². The maximum atomic E-state index is 11.8. The van der Waals surface area contributed by atoms with Gasteiger partial charge in [0.15, 0.2) is 0 Å². The van der Waals surface area contributed by atoms with Crippen molar-refractivity contribution in [1.82, 2.24) is 5.43 Å². The molecule has 6 nitrogen and oxygen atoms in total. The Morgan fingerprint density at radius 1 is 1.24 bits per heavy atom. The Hall–Kier alpha value is -3.02. The van der Waals surface area contributed by atoms with E-state index in [0.29, 0.717) is 11.1 Å². The van der Waals surface area contributed by atoms with Gasteiger partial charge in [0.25, 0.3) is 11.6 Å². The average molecular weight is 283 g/mol. The average Bonchev–Trinajstić information content (AvgIpc) is 2.47. The minimum Gasteiger partial charge on any atom is -0.267 e. The van der Waals surface area contributed by atoms with Gasteiger partial charge in [-0.15, -0.1) is 0 Å². The summed E-state index contributed by atoms with van der Waals surface area (Å²) in [4.78, 5) is 21.9. The summed E-state index contributed by atoms with van der Waals surface area (Å²) in [5, 5.41) is 14.3. The number of non-ortho nitro benzene ring substituents is 1. The second-order valence-corrected chi connectivity index (χ2v) is 4.42. The summed E-state index contributed by atoms with van der Waals surface area (Å²) in [6, 6.07) is 13.0. The van der Waals surface area contributed by atoms with Gasteiger partial charge >= 0.3 is 0 Å². The maximum Gasteiger partial charge on any atom is 0.271 e. The fourth-order valence-corrected chi connectivity index (χ4v) is 1.70. The first kappa shape index (κ1) is 14.4. The van der Waals surface area contributed by atoms with Crippen LogP contribution in [0.25, 0.3) is 0 Å². The van der Waals surface area contributed by atoms with Crippen molar-refractivity contribution >= 4 is 17.8 Å². The molecule has 21 heavy (non-hydrogen) atoms. The molecule has 0 aromatic heterocycles. The molecule has 0 spiro atoms. The van der Waals surface area contributed by atoms with Gasteiger partial charge in [-0.25, -0.2) is 5.43 Å². The van der Waals surface area contributed by atoms with Gasteiger partial charge in [-0.1, -0.05) is 17.7 Å². The zero-order valence-electron chi connectivity index (χ0n) is 11.3. The first-order valence-corrected chi connectivity index (χ1v) is 6.21. The van der Waals surface area contributed by atoms with Gasteiger partial charge in [0, 0.05) is 17.7 Å². The molecule has 0 fully saturated rings. The third-order valence-electron chi connectivity index (χ3n) is 2.76. The number of rotatable bonds is 4. The van der Waals surface area contributed by atoms with E-state index in [1.807, 2.05) is 13.0 Å². The number of nitro groups is 1. The summed E-state index contributed by atoms with van der Waals surface area (Å²) < 4.78 is 0. The van der Waals surface area contributed by atoms with Crippen LogP contribution >= 0.6 is 0 Å². The molecule has 0 bridgehead atoms. The van der Waals surface area contributed by atoms with Crippen LogP contribution in [0.4, 0.5) is 5.69 Å². The lowest BCUT2D eigenvalue weighted by atomic mass is 10.1. The van der Waals surface area contributed by atoms with E-state index >= 15 is 0 Å². The molecule has 2 rings (SSSR count). The molecule has 1 amide bonds. The highest BCUT2D eigenvalue weighted by atomic mass is 16.6. The Balaban J connectivity index is 1.99. The highest BCUT2D eigenvalue weighted by Crippen LogP contribution is 2.10. The van der Waals surface area contributed by atoms with Gasteiger partial charge in [-0.3, -0.25) is 14.9 Å². The van der Waals surface area contributed by atoms with E-state index in [0.717, 1.165) is 5.56 Å². The molecule has 0 atom stereocenters. The van der Waals surface area contributed by atoms with Crippen LogP contribution in [-0.2, 0) is 0 Å². The van der Waals surface area contributed by atoms with Crippen molar-refractivity contribution in [3.63, 3.8) is 0 Å². The smallest absolute Gasteiger partial charge is 0.267 e. The van der Waals surface area contributed by atoms with Crippen LogP contribution in [0.5, 0.6) is 0 Å². The Morgan fingerprint density at radius 2 is 1.95 bits per heavy atom. The highest BCUT2D eigenvalue weighted by molar-refractivity contribution is 5.95. The van der Waals surface area contributed by atoms with Crippen LogP contribution < -0.4 is 5.43 Å². The van der Waals surface area contributed by atoms with Crippen LogP contribution in [0, 0.1) is 17.0 Å². The standard InChI is InChI=1S/C15H13N3O3/c1-11-3-2-4-13(9-11)15(19)17-16-10-12-5-7-14(8-6-12)18(20)21/h2-10H,1H3,(H,17,19)/b16-10-. The van der Waals surface area contributed by atoms with Crippen LogP contribution in [0.1, 0.15) is 21.5 Å². The fourth-order valence-electron chi connectivity index (χ4n) is 1.70. The van der Waals surface area contributed by atoms with E-state index in [1.54, 1.807) is 30.3 Å². The third-order valence-corrected chi connectivity index (χ3v) is 2.76. The normalized spacial score (nSPS) is 10.5. The van der Waals surface area contributed by atoms with Crippen molar-refractivity contribution in [1.29, 1.82) is 0 Å². The van der Waals surface area contributed by atoms with Crippen LogP contribution in [0.2, 0.25) is 0 Å². The van der Waals surface area contributed by atoms with Gasteiger partial charge in [0.05, 0.1) is 11.1 Å². The Morgan fingerprint density at radius 3 is 2.57 bits per heavy atom. The molecule has 0 aliphatic rings. The monoisotopic (exact) mass is 283 g/mol. The number of hydrogen-bond acceptors (Lipinski definition) is 4. The Kier molecular flexibility index (Phi) is 4.40. The van der Waals surface area contributed by atoms with Gasteiger partial charge < -0.3 is 0 Å². The van der Waals surface area contributed by atoms with Gasteiger partial charge in [0.2, 0.25) is 0 Å². The summed E-state index contributed by atoms with van der Waals surface area (Å²) in [5.41, 5.74) is 4.59. The number of hydrazone groups is 1. The van der Waals surface area contributed by atoms with E-state index in [9.17, 15) is 14.9 Å². The summed E-state index contributed by atoms with van der Waals surface area (Å²) in [5.74, 6) is -0.308. The van der Waals surface area contributed by atoms with E-state index in [1.165, 1.54) is 18.3 Å². The minimum absolute atomic E-state index is 0.0101. The maximum absolute atomic E-state index is 11.8. The predicted molar refractivity (Wildman–Crippen MR) is 79.3 cm³/mol. The third kappa shape index (κ3) is 3.97. The molecule has 6 heteroatoms. The number of nitro benzene ring substituents is 1. The van der Waals surface area contributed by atoms with Crippen molar-refractivity contribution in [3.8, 4) is 0 Å². The molecule has 2 aromatic carbocycles. The number of amides is 1. The molecule has 0 heterocycles. The Bertz CT molecular complexity index is 694. The molecular formula is C15H13N3O3. The zero-order chi connectivity index (χ0) is 15.2. The molecule has 0 saturated heterocycles. The van der Waals surface area contributed by atoms with E-state index < -0.39 is 4.92 Å². The van der Waals surface area contributed by atoms with Crippen LogP contribution in [-0.4, -0.2) is 17.0 Å². The largest absolute Gasteiger partial charge is 0.271 e. The number of hydrogen-bond donors (Lipinski definition) is 1. The number of nitrogens with zero attached hydrogens (tertiary/aromatic N) is 2. The number of benzene rings is 2. The number of carbonyl (C=O) groups excluding carboxylic acids is 1. The molecule has 0 aliphatic carbocycles. The first-order chi connectivity index (χ1) is 10.1. The summed E-state index contributed by atoms with van der Waals surface area (Å²) in [6.07, 6.45) is 1.43. The van der Waals surface area contributed by atoms with Crippen molar-refractivity contribution < 1.29 is 9.72 Å². The quantitative estimate of drug-likeness (QED) is 0.532. The lowest BCUT2D eigenvalue weighted by Crippen LogP contribution is -2.17. The minimum atomic E-state index is -0.472. The van der Waals surface area contributed by atoms with Gasteiger partial charge in [-0.2, -0.15) is 5.10 Å². The number of aryl methyl sites for hydroxylation is 1. The summed E-state index contributed by atoms with van der Waals surface area (Å²) in [7, 11) is 0. The van der Waals surface area contributed by atoms with Crippen LogP contribution in [0.3, 0.4) is 0 Å². The Labute approximate surface area is 121 Å². The number of nitrogens with one attached hydrogen (secondary N) is 1. The van der Waals surface area contributed by atoms with E-state index in [2.05, 4.69) is 10.5 Å². The van der Waals surface area contributed by atoms with Gasteiger partial charge in [0.1, 0.15) is 0 Å². The molecule has 2 aromatic rings. The molecule has 0 saturated carbocycles. The second kappa shape index (κ2) is 6.42. The summed E-state index contributed by atoms with van der Waals surface area (Å²) >= 11 is 0. The predicted octanol–water partition coefficient (Wildman–Crippen LogP) is 2.67. The zero-order valence-corrected chi connectivity index (χ0v) is 11.3. The first-order valence-electron chi connectivity index (χ1n) is 6.21. The fraction of sp³-hybridized carbons (Fsp3) is 0.0667. The molecule has 106 valence electrons. The highest BCUT2D eigenvalue weighted by Gasteiger charge is 2.04. The van der Waals surface area contributed by atoms with Crippen molar-refractivity contribution in [3.05, 3.63) is 75.3 Å². The molecule has 0 radical (unpaired) electrons. The van der Waals surface area contributed by atoms with Crippen molar-refractivity contribution in [2.45, 2.75) is 6.92 Å². The molecule has 0 aliphatic heterocycles. The lowest BCUT2D eigenvalue weighted by Gasteiger charge is -2.00.